The first-order valence-corrected chi connectivity index (χ1v) is 17.6. The topological polar surface area (TPSA) is 196 Å². The Hall–Kier alpha value is -5.93. The Morgan fingerprint density at radius 1 is 0.782 bits per heavy atom. The van der Waals surface area contributed by atoms with Crippen molar-refractivity contribution in [2.75, 3.05) is 26.4 Å². The molecule has 4 aromatic carbocycles. The molecule has 0 aromatic heterocycles. The molecule has 0 spiro atoms. The normalized spacial score (nSPS) is 20.6. The van der Waals surface area contributed by atoms with E-state index in [-0.39, 0.29) is 18.1 Å². The molecule has 286 valence electrons. The number of aliphatic hydroxyl groups excluding tert-OH is 2. The second-order valence-corrected chi connectivity index (χ2v) is 12.9. The maximum atomic E-state index is 13.5. The number of ether oxygens (including phenoxy) is 5. The number of aliphatic hydroxyl groups is 2. The van der Waals surface area contributed by atoms with Gasteiger partial charge < -0.3 is 44.5 Å². The molecule has 14 heteroatoms. The lowest BCUT2D eigenvalue weighted by Gasteiger charge is -2.43. The van der Waals surface area contributed by atoms with Gasteiger partial charge in [0.1, 0.15) is 24.9 Å². The van der Waals surface area contributed by atoms with Gasteiger partial charge in [0.05, 0.1) is 18.8 Å². The molecule has 4 aromatic rings. The molecule has 4 N–H and O–H groups in total. The Morgan fingerprint density at radius 3 is 1.96 bits per heavy atom. The molecule has 1 saturated heterocycles. The summed E-state index contributed by atoms with van der Waals surface area (Å²) in [4.78, 5) is 65.0. The summed E-state index contributed by atoms with van der Waals surface area (Å²) < 4.78 is 28.3. The van der Waals surface area contributed by atoms with Crippen LogP contribution in [0.4, 0.5) is 4.79 Å². The maximum Gasteiger partial charge on any atom is 0.407 e. The number of esters is 2. The number of Topliss-reactive ketones (excluding diaryl/α,β-unsaturated/α-hetero) is 1. The molecule has 0 bridgehead atoms. The molecule has 1 aliphatic carbocycles. The van der Waals surface area contributed by atoms with Crippen molar-refractivity contribution in [2.24, 2.45) is 0 Å². The lowest BCUT2D eigenvalue weighted by atomic mass is 9.96. The van der Waals surface area contributed by atoms with Gasteiger partial charge in [0.2, 0.25) is 5.91 Å². The number of alkyl carbamates (subject to hydrolysis) is 1. The van der Waals surface area contributed by atoms with Crippen LogP contribution in [0.3, 0.4) is 0 Å². The third kappa shape index (κ3) is 9.24. The average Bonchev–Trinajstić information content (AvgIpc) is 3.53. The van der Waals surface area contributed by atoms with E-state index in [9.17, 15) is 34.2 Å². The fraction of sp³-hybridized carbons (Fsp3) is 0.293. The van der Waals surface area contributed by atoms with Gasteiger partial charge in [-0.15, -0.1) is 0 Å². The van der Waals surface area contributed by atoms with E-state index in [2.05, 4.69) is 10.6 Å². The van der Waals surface area contributed by atoms with Gasteiger partial charge in [0.15, 0.2) is 30.8 Å². The van der Waals surface area contributed by atoms with E-state index in [1.807, 2.05) is 48.5 Å². The maximum absolute atomic E-state index is 13.5. The summed E-state index contributed by atoms with van der Waals surface area (Å²) in [5.74, 6) is -3.28. The lowest BCUT2D eigenvalue weighted by molar-refractivity contribution is -0.270. The van der Waals surface area contributed by atoms with E-state index in [4.69, 9.17) is 23.7 Å². The van der Waals surface area contributed by atoms with Crippen LogP contribution in [0.1, 0.15) is 44.7 Å². The van der Waals surface area contributed by atoms with E-state index in [0.29, 0.717) is 5.56 Å². The monoisotopic (exact) mass is 752 g/mol. The highest BCUT2D eigenvalue weighted by Crippen LogP contribution is 2.44. The molecular weight excluding hydrogens is 712 g/mol. The van der Waals surface area contributed by atoms with Crippen LogP contribution in [0, 0.1) is 0 Å². The quantitative estimate of drug-likeness (QED) is 0.0836. The van der Waals surface area contributed by atoms with E-state index < -0.39 is 86.2 Å². The third-order valence-corrected chi connectivity index (χ3v) is 9.26. The van der Waals surface area contributed by atoms with Crippen LogP contribution in [-0.2, 0) is 33.3 Å². The number of fused-ring (bicyclic) bond motifs is 3. The first-order valence-electron chi connectivity index (χ1n) is 17.6. The summed E-state index contributed by atoms with van der Waals surface area (Å²) in [6.45, 7) is -0.957. The van der Waals surface area contributed by atoms with Crippen molar-refractivity contribution in [1.29, 1.82) is 0 Å². The first-order chi connectivity index (χ1) is 26.6. The van der Waals surface area contributed by atoms with E-state index in [0.717, 1.165) is 22.3 Å². The minimum absolute atomic E-state index is 0.0736. The van der Waals surface area contributed by atoms with Crippen molar-refractivity contribution < 1.29 is 57.9 Å². The van der Waals surface area contributed by atoms with Crippen LogP contribution in [0.15, 0.2) is 109 Å². The Kier molecular flexibility index (Phi) is 12.6. The van der Waals surface area contributed by atoms with Gasteiger partial charge in [-0.05, 0) is 34.4 Å². The molecule has 1 aliphatic heterocycles. The summed E-state index contributed by atoms with van der Waals surface area (Å²) >= 11 is 0. The molecule has 2 aliphatic rings. The van der Waals surface area contributed by atoms with Gasteiger partial charge >= 0.3 is 18.0 Å². The molecule has 6 atom stereocenters. The number of amides is 2. The summed E-state index contributed by atoms with van der Waals surface area (Å²) in [5, 5.41) is 26.1. The van der Waals surface area contributed by atoms with E-state index in [1.54, 1.807) is 48.5 Å². The zero-order valence-electron chi connectivity index (χ0n) is 29.7. The molecule has 6 rings (SSSR count). The molecule has 55 heavy (non-hydrogen) atoms. The van der Waals surface area contributed by atoms with Gasteiger partial charge in [0, 0.05) is 18.4 Å². The highest BCUT2D eigenvalue weighted by Gasteiger charge is 2.49. The lowest BCUT2D eigenvalue weighted by Crippen LogP contribution is -2.66. The minimum Gasteiger partial charge on any atom is -0.456 e. The smallest absolute Gasteiger partial charge is 0.407 e. The fourth-order valence-corrected chi connectivity index (χ4v) is 6.59. The molecule has 14 nitrogen and oxygen atoms in total. The fourth-order valence-electron chi connectivity index (χ4n) is 6.59. The van der Waals surface area contributed by atoms with Crippen molar-refractivity contribution in [3.8, 4) is 11.1 Å². The van der Waals surface area contributed by atoms with Gasteiger partial charge in [-0.2, -0.15) is 0 Å². The van der Waals surface area contributed by atoms with Crippen LogP contribution in [0.5, 0.6) is 0 Å². The Balaban J connectivity index is 1.19. The standard InChI is InChI=1S/C41H40N2O12/c1-24(45)42-35-37(55-38(48)26-14-6-3-7-15-26)36(47)34(20-44)54-40(35)52-22-32(39(49)51-23-33(46)25-12-4-2-5-13-25)43-41(50)53-21-31-29-18-10-8-16-27(29)28-17-9-11-19-30(28)31/h2-19,31-32,34-37,40,44,47H,20-23H2,1H3,(H,42,45)(H,43,50)/t32-,34+,35+,36-,37+,40-/m0/s1. The number of nitrogens with one attached hydrogen (secondary N) is 2. The summed E-state index contributed by atoms with van der Waals surface area (Å²) in [7, 11) is 0. The van der Waals surface area contributed by atoms with Crippen molar-refractivity contribution in [3.63, 3.8) is 0 Å². The van der Waals surface area contributed by atoms with Crippen molar-refractivity contribution in [1.82, 2.24) is 10.6 Å². The zero-order chi connectivity index (χ0) is 38.9. The van der Waals surface area contributed by atoms with Crippen LogP contribution < -0.4 is 10.6 Å². The predicted octanol–water partition coefficient (Wildman–Crippen LogP) is 3.14. The van der Waals surface area contributed by atoms with Crippen LogP contribution in [0.2, 0.25) is 0 Å². The molecular formula is C41H40N2O12. The summed E-state index contributed by atoms with van der Waals surface area (Å²) in [6, 6.07) is 28.6. The van der Waals surface area contributed by atoms with Gasteiger partial charge in [-0.1, -0.05) is 97.1 Å². The Morgan fingerprint density at radius 2 is 1.36 bits per heavy atom. The second-order valence-electron chi connectivity index (χ2n) is 12.9. The SMILES string of the molecule is CC(=O)N[C@H]1[C@@H](OC[C@H](NC(=O)OCC2c3ccccc3-c3ccccc32)C(=O)OCC(=O)c2ccccc2)O[C@H](CO)[C@H](O)[C@@H]1OC(=O)c1ccccc1. The van der Waals surface area contributed by atoms with Crippen molar-refractivity contribution >= 4 is 29.7 Å². The van der Waals surface area contributed by atoms with Gasteiger partial charge in [-0.3, -0.25) is 9.59 Å². The summed E-state index contributed by atoms with van der Waals surface area (Å²) in [6.07, 6.45) is -6.99. The highest BCUT2D eigenvalue weighted by molar-refractivity contribution is 5.98. The minimum atomic E-state index is -1.61. The molecule has 0 saturated carbocycles. The third-order valence-electron chi connectivity index (χ3n) is 9.26. The highest BCUT2D eigenvalue weighted by atomic mass is 16.7. The number of hydrogen-bond donors (Lipinski definition) is 4. The number of ketones is 1. The zero-order valence-corrected chi connectivity index (χ0v) is 29.7. The average molecular weight is 753 g/mol. The number of benzene rings is 4. The van der Waals surface area contributed by atoms with Crippen molar-refractivity contribution in [2.45, 2.75) is 49.5 Å². The van der Waals surface area contributed by atoms with Crippen LogP contribution >= 0.6 is 0 Å². The molecule has 0 radical (unpaired) electrons. The number of carbonyl (C=O) groups is 5. The van der Waals surface area contributed by atoms with E-state index in [1.165, 1.54) is 19.1 Å². The van der Waals surface area contributed by atoms with Crippen molar-refractivity contribution in [3.05, 3.63) is 131 Å². The molecule has 1 fully saturated rings. The number of hydrogen-bond acceptors (Lipinski definition) is 12. The van der Waals surface area contributed by atoms with Gasteiger partial charge in [0.25, 0.3) is 0 Å². The molecule has 1 heterocycles. The predicted molar refractivity (Wildman–Crippen MR) is 195 cm³/mol. The van der Waals surface area contributed by atoms with Gasteiger partial charge in [-0.25, -0.2) is 14.4 Å². The largest absolute Gasteiger partial charge is 0.456 e. The second kappa shape index (κ2) is 17.9. The molecule has 2 amide bonds. The number of carbonyl (C=O) groups excluding carboxylic acids is 5. The van der Waals surface area contributed by atoms with Crippen LogP contribution in [-0.4, -0.2) is 103 Å². The summed E-state index contributed by atoms with van der Waals surface area (Å²) in [5.41, 5.74) is 4.43. The number of rotatable bonds is 14. The Labute approximate surface area is 316 Å². The van der Waals surface area contributed by atoms with E-state index >= 15 is 0 Å². The first kappa shape index (κ1) is 38.8. The Bertz CT molecular complexity index is 1950. The molecule has 0 unspecified atom stereocenters. The van der Waals surface area contributed by atoms with Crippen LogP contribution in [0.25, 0.3) is 11.1 Å².